The highest BCUT2D eigenvalue weighted by atomic mass is 32.2. The van der Waals surface area contributed by atoms with Gasteiger partial charge in [0.2, 0.25) is 14.2 Å². The topological polar surface area (TPSA) is 47.0 Å². The monoisotopic (exact) mass is 281 g/mol. The summed E-state index contributed by atoms with van der Waals surface area (Å²) in [5.74, 6) is 0. The van der Waals surface area contributed by atoms with Crippen molar-refractivity contribution in [3.05, 3.63) is 23.8 Å². The Hall–Kier alpha value is -1.15. The summed E-state index contributed by atoms with van der Waals surface area (Å²) in [7, 11) is -3.49. The van der Waals surface area contributed by atoms with Gasteiger partial charge in [0, 0.05) is 6.26 Å². The smallest absolute Gasteiger partial charge is 0.225 e. The average Bonchev–Trinajstić information content (AvgIpc) is 2.57. The summed E-state index contributed by atoms with van der Waals surface area (Å²) >= 11 is 0.857. The Morgan fingerprint density at radius 1 is 1.29 bits per heavy atom. The first-order chi connectivity index (χ1) is 7.68. The zero-order chi connectivity index (χ0) is 12.8. The highest BCUT2D eigenvalue weighted by molar-refractivity contribution is 7.92. The van der Waals surface area contributed by atoms with Crippen molar-refractivity contribution in [1.82, 2.24) is 4.98 Å². The number of nitrogens with zero attached hydrogens (tertiary/aromatic N) is 1. The summed E-state index contributed by atoms with van der Waals surface area (Å²) in [6.07, 6.45) is -3.49. The second-order valence-corrected chi connectivity index (χ2v) is 6.65. The van der Waals surface area contributed by atoms with Crippen LogP contribution < -0.4 is 0 Å². The predicted octanol–water partition coefficient (Wildman–Crippen LogP) is 2.72. The van der Waals surface area contributed by atoms with Crippen molar-refractivity contribution < 1.29 is 21.6 Å². The molecule has 2 aromatic rings. The maximum atomic E-state index is 12.4. The fourth-order valence-electron chi connectivity index (χ4n) is 1.24. The number of fused-ring (bicyclic) bond motifs is 1. The molecule has 0 radical (unpaired) electrons. The molecule has 0 unspecified atom stereocenters. The zero-order valence-corrected chi connectivity index (χ0v) is 10.1. The number of hydrogen-bond acceptors (Lipinski definition) is 4. The van der Waals surface area contributed by atoms with Gasteiger partial charge in [0.05, 0.1) is 15.8 Å². The summed E-state index contributed by atoms with van der Waals surface area (Å²) in [6, 6.07) is 2.98. The molecular weight excluding hydrogens is 275 g/mol. The summed E-state index contributed by atoms with van der Waals surface area (Å²) in [4.78, 5) is 3.69. The summed E-state index contributed by atoms with van der Waals surface area (Å²) in [6.45, 7) is 0. The van der Waals surface area contributed by atoms with E-state index >= 15 is 0 Å². The fourth-order valence-corrected chi connectivity index (χ4v) is 3.06. The molecule has 3 nitrogen and oxygen atoms in total. The van der Waals surface area contributed by atoms with E-state index in [1.807, 2.05) is 0 Å². The molecule has 0 bridgehead atoms. The van der Waals surface area contributed by atoms with E-state index in [2.05, 4.69) is 4.98 Å². The van der Waals surface area contributed by atoms with Gasteiger partial charge in [-0.25, -0.2) is 13.4 Å². The maximum Gasteiger partial charge on any atom is 0.416 e. The SMILES string of the molecule is CS(=O)(=O)c1nc2cc(C(F)(F)F)ccc2s1. The van der Waals surface area contributed by atoms with Gasteiger partial charge in [0.15, 0.2) is 0 Å². The first kappa shape index (κ1) is 12.3. The van der Waals surface area contributed by atoms with Gasteiger partial charge in [-0.2, -0.15) is 13.2 Å². The molecule has 0 aliphatic carbocycles. The molecule has 0 saturated carbocycles. The number of aromatic nitrogens is 1. The van der Waals surface area contributed by atoms with Gasteiger partial charge in [0.1, 0.15) is 0 Å². The molecule has 92 valence electrons. The largest absolute Gasteiger partial charge is 0.416 e. The Morgan fingerprint density at radius 3 is 2.47 bits per heavy atom. The first-order valence-electron chi connectivity index (χ1n) is 4.36. The van der Waals surface area contributed by atoms with Crippen molar-refractivity contribution in [3.63, 3.8) is 0 Å². The molecule has 0 N–H and O–H groups in total. The van der Waals surface area contributed by atoms with E-state index in [9.17, 15) is 21.6 Å². The summed E-state index contributed by atoms with van der Waals surface area (Å²) in [5, 5.41) is 0. The molecular formula is C9H6F3NO2S2. The summed E-state index contributed by atoms with van der Waals surface area (Å²) in [5.41, 5.74) is -0.791. The molecule has 0 amide bonds. The van der Waals surface area contributed by atoms with Crippen molar-refractivity contribution in [3.8, 4) is 0 Å². The average molecular weight is 281 g/mol. The number of benzene rings is 1. The molecule has 8 heteroatoms. The van der Waals surface area contributed by atoms with E-state index in [1.165, 1.54) is 6.07 Å². The lowest BCUT2D eigenvalue weighted by Gasteiger charge is -2.04. The second-order valence-electron chi connectivity index (χ2n) is 3.43. The first-order valence-corrected chi connectivity index (χ1v) is 7.06. The predicted molar refractivity (Wildman–Crippen MR) is 57.7 cm³/mol. The van der Waals surface area contributed by atoms with Crippen LogP contribution in [0.2, 0.25) is 0 Å². The Morgan fingerprint density at radius 2 is 1.94 bits per heavy atom. The standard InChI is InChI=1S/C9H6F3NO2S2/c1-17(14,15)8-13-6-4-5(9(10,11)12)2-3-7(6)16-8/h2-4H,1H3. The van der Waals surface area contributed by atoms with Crippen molar-refractivity contribution in [1.29, 1.82) is 0 Å². The molecule has 17 heavy (non-hydrogen) atoms. The van der Waals surface area contributed by atoms with Gasteiger partial charge in [0.25, 0.3) is 0 Å². The second kappa shape index (κ2) is 3.67. The van der Waals surface area contributed by atoms with Crippen LogP contribution in [-0.2, 0) is 16.0 Å². The van der Waals surface area contributed by atoms with Crippen molar-refractivity contribution in [2.45, 2.75) is 10.5 Å². The minimum atomic E-state index is -4.46. The Balaban J connectivity index is 2.64. The minimum Gasteiger partial charge on any atom is -0.225 e. The molecule has 0 aliphatic heterocycles. The van der Waals surface area contributed by atoms with E-state index in [-0.39, 0.29) is 9.86 Å². The van der Waals surface area contributed by atoms with Gasteiger partial charge in [-0.3, -0.25) is 0 Å². The molecule has 1 heterocycles. The van der Waals surface area contributed by atoms with Crippen LogP contribution in [0, 0.1) is 0 Å². The van der Waals surface area contributed by atoms with Crippen LogP contribution >= 0.6 is 11.3 Å². The quantitative estimate of drug-likeness (QED) is 0.807. The molecule has 0 atom stereocenters. The van der Waals surface area contributed by atoms with E-state index in [1.54, 1.807) is 0 Å². The Bertz CT molecular complexity index is 673. The number of alkyl halides is 3. The molecule has 2 rings (SSSR count). The van der Waals surface area contributed by atoms with Crippen LogP contribution in [0.3, 0.4) is 0 Å². The van der Waals surface area contributed by atoms with Gasteiger partial charge in [-0.15, -0.1) is 11.3 Å². The lowest BCUT2D eigenvalue weighted by molar-refractivity contribution is -0.137. The van der Waals surface area contributed by atoms with E-state index in [4.69, 9.17) is 0 Å². The highest BCUT2D eigenvalue weighted by Gasteiger charge is 2.31. The summed E-state index contributed by atoms with van der Waals surface area (Å²) < 4.78 is 59.9. The normalized spacial score (nSPS) is 13.2. The zero-order valence-electron chi connectivity index (χ0n) is 8.45. The minimum absolute atomic E-state index is 0.0465. The molecule has 0 saturated heterocycles. The van der Waals surface area contributed by atoms with Crippen molar-refractivity contribution in [2.24, 2.45) is 0 Å². The third kappa shape index (κ3) is 2.42. The number of rotatable bonds is 1. The van der Waals surface area contributed by atoms with Crippen molar-refractivity contribution >= 4 is 31.4 Å². The number of thiazole rings is 1. The van der Waals surface area contributed by atoms with Crippen LogP contribution in [0.5, 0.6) is 0 Å². The number of halogens is 3. The third-order valence-electron chi connectivity index (χ3n) is 2.01. The number of sulfone groups is 1. The van der Waals surface area contributed by atoms with Gasteiger partial charge < -0.3 is 0 Å². The lowest BCUT2D eigenvalue weighted by atomic mass is 10.2. The van der Waals surface area contributed by atoms with E-state index in [0.29, 0.717) is 4.70 Å². The molecule has 1 aromatic heterocycles. The van der Waals surface area contributed by atoms with Crippen LogP contribution in [-0.4, -0.2) is 19.7 Å². The molecule has 0 aliphatic rings. The van der Waals surface area contributed by atoms with E-state index < -0.39 is 21.6 Å². The maximum absolute atomic E-state index is 12.4. The molecule has 0 fully saturated rings. The van der Waals surface area contributed by atoms with Crippen LogP contribution in [0.15, 0.2) is 22.5 Å². The fraction of sp³-hybridized carbons (Fsp3) is 0.222. The van der Waals surface area contributed by atoms with Gasteiger partial charge in [-0.05, 0) is 18.2 Å². The van der Waals surface area contributed by atoms with Crippen LogP contribution in [0.1, 0.15) is 5.56 Å². The highest BCUT2D eigenvalue weighted by Crippen LogP contribution is 2.33. The Kier molecular flexibility index (Phi) is 2.66. The Labute approximate surface area is 98.8 Å². The lowest BCUT2D eigenvalue weighted by Crippen LogP contribution is -2.04. The van der Waals surface area contributed by atoms with E-state index in [0.717, 1.165) is 29.7 Å². The number of hydrogen-bond donors (Lipinski definition) is 0. The van der Waals surface area contributed by atoms with Crippen LogP contribution in [0.25, 0.3) is 10.2 Å². The van der Waals surface area contributed by atoms with Gasteiger partial charge >= 0.3 is 6.18 Å². The van der Waals surface area contributed by atoms with Crippen molar-refractivity contribution in [2.75, 3.05) is 6.26 Å². The third-order valence-corrected chi connectivity index (χ3v) is 4.73. The molecule has 0 spiro atoms. The van der Waals surface area contributed by atoms with Gasteiger partial charge in [-0.1, -0.05) is 0 Å². The van der Waals surface area contributed by atoms with Crippen LogP contribution in [0.4, 0.5) is 13.2 Å². The molecule has 1 aromatic carbocycles.